The summed E-state index contributed by atoms with van der Waals surface area (Å²) < 4.78 is 26.8. The summed E-state index contributed by atoms with van der Waals surface area (Å²) in [6.07, 6.45) is 5.38. The summed E-state index contributed by atoms with van der Waals surface area (Å²) in [7, 11) is -3.80. The van der Waals surface area contributed by atoms with Gasteiger partial charge in [-0.3, -0.25) is 4.40 Å². The Hall–Kier alpha value is -2.60. The number of nitrogens with two attached hydrogens (primary N) is 1. The standard InChI is InChI=1S/C18H20N6O3S2/c1-3-11-7-12(5-6-15(11)29(19,26)27)24-9-13(21-22-24)18(25)17-14(4-2)28-16-8-20-10-23(16)17/h5-10,18,25H,3-4H2,1-2H3,(H2,19,26,27). The molecule has 152 valence electrons. The van der Waals surface area contributed by atoms with Crippen molar-refractivity contribution in [3.05, 3.63) is 58.7 Å². The number of primary sulfonamides is 1. The molecule has 0 spiro atoms. The Bertz CT molecular complexity index is 1290. The Morgan fingerprint density at radius 1 is 1.28 bits per heavy atom. The topological polar surface area (TPSA) is 128 Å². The van der Waals surface area contributed by atoms with E-state index in [0.29, 0.717) is 23.4 Å². The predicted molar refractivity (Wildman–Crippen MR) is 109 cm³/mol. The SMILES string of the molecule is CCc1cc(-n2cc(C(O)c3c(CC)sc4cncn34)nn2)ccc1S(N)(=O)=O. The van der Waals surface area contributed by atoms with E-state index in [4.69, 9.17) is 5.14 Å². The molecule has 3 N–H and O–H groups in total. The molecule has 0 aliphatic carbocycles. The van der Waals surface area contributed by atoms with E-state index in [0.717, 1.165) is 21.8 Å². The predicted octanol–water partition coefficient (Wildman–Crippen LogP) is 1.83. The van der Waals surface area contributed by atoms with Gasteiger partial charge in [-0.1, -0.05) is 19.1 Å². The maximum Gasteiger partial charge on any atom is 0.238 e. The molecule has 1 atom stereocenters. The number of rotatable bonds is 6. The van der Waals surface area contributed by atoms with Gasteiger partial charge in [0.2, 0.25) is 10.0 Å². The monoisotopic (exact) mass is 432 g/mol. The second-order valence-corrected chi connectivity index (χ2v) is 9.19. The zero-order chi connectivity index (χ0) is 20.8. The number of nitrogens with zero attached hydrogens (tertiary/aromatic N) is 5. The lowest BCUT2D eigenvalue weighted by molar-refractivity contribution is 0.208. The van der Waals surface area contributed by atoms with Crippen LogP contribution in [0, 0.1) is 0 Å². The van der Waals surface area contributed by atoms with Gasteiger partial charge in [0.15, 0.2) is 0 Å². The van der Waals surface area contributed by atoms with E-state index in [9.17, 15) is 13.5 Å². The van der Waals surface area contributed by atoms with Gasteiger partial charge in [-0.05, 0) is 36.6 Å². The maximum atomic E-state index is 11.7. The van der Waals surface area contributed by atoms with E-state index >= 15 is 0 Å². The van der Waals surface area contributed by atoms with Crippen molar-refractivity contribution in [1.29, 1.82) is 0 Å². The molecule has 1 unspecified atom stereocenters. The van der Waals surface area contributed by atoms with Crippen LogP contribution in [-0.2, 0) is 22.9 Å². The van der Waals surface area contributed by atoms with Crippen molar-refractivity contribution in [3.8, 4) is 5.69 Å². The van der Waals surface area contributed by atoms with Gasteiger partial charge in [-0.2, -0.15) is 0 Å². The zero-order valence-corrected chi connectivity index (χ0v) is 17.5. The van der Waals surface area contributed by atoms with Crippen molar-refractivity contribution >= 4 is 26.2 Å². The van der Waals surface area contributed by atoms with Gasteiger partial charge < -0.3 is 5.11 Å². The fourth-order valence-electron chi connectivity index (χ4n) is 3.32. The van der Waals surface area contributed by atoms with Gasteiger partial charge >= 0.3 is 0 Å². The number of hydrogen-bond donors (Lipinski definition) is 2. The van der Waals surface area contributed by atoms with Crippen molar-refractivity contribution in [2.45, 2.75) is 37.7 Å². The molecule has 29 heavy (non-hydrogen) atoms. The summed E-state index contributed by atoms with van der Waals surface area (Å²) in [5.41, 5.74) is 2.35. The van der Waals surface area contributed by atoms with Crippen molar-refractivity contribution in [2.24, 2.45) is 5.14 Å². The minimum Gasteiger partial charge on any atom is -0.380 e. The van der Waals surface area contributed by atoms with Gasteiger partial charge in [-0.15, -0.1) is 16.4 Å². The van der Waals surface area contributed by atoms with Gasteiger partial charge in [-0.25, -0.2) is 23.2 Å². The van der Waals surface area contributed by atoms with E-state index in [1.54, 1.807) is 42.2 Å². The first-order chi connectivity index (χ1) is 13.8. The highest BCUT2D eigenvalue weighted by molar-refractivity contribution is 7.89. The Balaban J connectivity index is 1.72. The van der Waals surface area contributed by atoms with Crippen LogP contribution in [0.2, 0.25) is 0 Å². The van der Waals surface area contributed by atoms with E-state index < -0.39 is 16.1 Å². The molecule has 4 rings (SSSR count). The highest BCUT2D eigenvalue weighted by atomic mass is 32.2. The van der Waals surface area contributed by atoms with Crippen LogP contribution < -0.4 is 5.14 Å². The lowest BCUT2D eigenvalue weighted by Gasteiger charge is -2.09. The van der Waals surface area contributed by atoms with Crippen molar-refractivity contribution in [2.75, 3.05) is 0 Å². The smallest absolute Gasteiger partial charge is 0.238 e. The third kappa shape index (κ3) is 3.46. The number of aliphatic hydroxyl groups is 1. The molecular formula is C18H20N6O3S2. The van der Waals surface area contributed by atoms with Crippen molar-refractivity contribution in [1.82, 2.24) is 24.4 Å². The Morgan fingerprint density at radius 3 is 2.76 bits per heavy atom. The Kier molecular flexibility index (Phi) is 4.99. The number of benzene rings is 1. The Morgan fingerprint density at radius 2 is 2.07 bits per heavy atom. The largest absolute Gasteiger partial charge is 0.380 e. The van der Waals surface area contributed by atoms with Crippen LogP contribution >= 0.6 is 11.3 Å². The molecular weight excluding hydrogens is 412 g/mol. The summed E-state index contributed by atoms with van der Waals surface area (Å²) in [5.74, 6) is 0. The van der Waals surface area contributed by atoms with Crippen LogP contribution in [-0.4, -0.2) is 37.9 Å². The van der Waals surface area contributed by atoms with Gasteiger partial charge in [0.1, 0.15) is 23.0 Å². The molecule has 0 fully saturated rings. The number of thiazole rings is 1. The first-order valence-corrected chi connectivity index (χ1v) is 11.4. The second kappa shape index (κ2) is 7.34. The number of hydrogen-bond acceptors (Lipinski definition) is 7. The molecule has 0 aliphatic heterocycles. The van der Waals surface area contributed by atoms with Crippen LogP contribution in [0.4, 0.5) is 0 Å². The summed E-state index contributed by atoms with van der Waals surface area (Å²) in [6.45, 7) is 3.88. The fraction of sp³-hybridized carbons (Fsp3) is 0.278. The summed E-state index contributed by atoms with van der Waals surface area (Å²) >= 11 is 1.58. The third-order valence-corrected chi connectivity index (χ3v) is 7.01. The van der Waals surface area contributed by atoms with Crippen LogP contribution in [0.15, 0.2) is 41.8 Å². The van der Waals surface area contributed by atoms with Crippen LogP contribution in [0.25, 0.3) is 10.5 Å². The highest BCUT2D eigenvalue weighted by Gasteiger charge is 2.23. The quantitative estimate of drug-likeness (QED) is 0.478. The molecule has 4 aromatic rings. The fourth-order valence-corrected chi connectivity index (χ4v) is 5.22. The van der Waals surface area contributed by atoms with E-state index in [-0.39, 0.29) is 4.90 Å². The van der Waals surface area contributed by atoms with E-state index in [2.05, 4.69) is 15.3 Å². The average molecular weight is 433 g/mol. The molecule has 0 saturated carbocycles. The van der Waals surface area contributed by atoms with E-state index in [1.165, 1.54) is 10.7 Å². The molecule has 3 heterocycles. The van der Waals surface area contributed by atoms with Crippen molar-refractivity contribution in [3.63, 3.8) is 0 Å². The lowest BCUT2D eigenvalue weighted by Crippen LogP contribution is -2.14. The molecule has 11 heteroatoms. The first kappa shape index (κ1) is 19.7. The number of sulfonamides is 1. The van der Waals surface area contributed by atoms with Gasteiger partial charge in [0.05, 0.1) is 28.7 Å². The zero-order valence-electron chi connectivity index (χ0n) is 15.8. The normalized spacial score (nSPS) is 13.2. The van der Waals surface area contributed by atoms with Gasteiger partial charge in [0.25, 0.3) is 0 Å². The molecule has 0 bridgehead atoms. The Labute approximate surface area is 171 Å². The number of aliphatic hydroxyl groups excluding tert-OH is 1. The highest BCUT2D eigenvalue weighted by Crippen LogP contribution is 2.31. The average Bonchev–Trinajstić information content (AvgIpc) is 3.41. The summed E-state index contributed by atoms with van der Waals surface area (Å²) in [6, 6.07) is 4.78. The molecule has 0 radical (unpaired) electrons. The maximum absolute atomic E-state index is 11.7. The number of aryl methyl sites for hydroxylation is 2. The molecule has 0 saturated heterocycles. The van der Waals surface area contributed by atoms with Crippen LogP contribution in [0.1, 0.15) is 41.8 Å². The van der Waals surface area contributed by atoms with Gasteiger partial charge in [0, 0.05) is 4.88 Å². The first-order valence-electron chi connectivity index (χ1n) is 9.03. The van der Waals surface area contributed by atoms with E-state index in [1.807, 2.05) is 18.2 Å². The minimum absolute atomic E-state index is 0.0949. The number of fused-ring (bicyclic) bond motifs is 1. The lowest BCUT2D eigenvalue weighted by atomic mass is 10.1. The van der Waals surface area contributed by atoms with Crippen LogP contribution in [0.3, 0.4) is 0 Å². The second-order valence-electron chi connectivity index (χ2n) is 6.55. The third-order valence-electron chi connectivity index (χ3n) is 4.74. The molecule has 3 aromatic heterocycles. The summed E-state index contributed by atoms with van der Waals surface area (Å²) in [4.78, 5) is 6.23. The minimum atomic E-state index is -3.80. The molecule has 0 amide bonds. The number of aromatic nitrogens is 5. The van der Waals surface area contributed by atoms with Crippen LogP contribution in [0.5, 0.6) is 0 Å². The molecule has 9 nitrogen and oxygen atoms in total. The van der Waals surface area contributed by atoms with Crippen molar-refractivity contribution < 1.29 is 13.5 Å². The molecule has 0 aliphatic rings. The summed E-state index contributed by atoms with van der Waals surface area (Å²) in [5, 5.41) is 24.5. The number of imidazole rings is 1. The molecule has 1 aromatic carbocycles.